The van der Waals surface area contributed by atoms with Crippen molar-refractivity contribution in [3.63, 3.8) is 0 Å². The summed E-state index contributed by atoms with van der Waals surface area (Å²) >= 11 is 0. The van der Waals surface area contributed by atoms with Gasteiger partial charge in [-0.1, -0.05) is 30.3 Å². The molecule has 0 aliphatic carbocycles. The zero-order valence-corrected chi connectivity index (χ0v) is 15.7. The Kier molecular flexibility index (Phi) is 6.50. The molecule has 1 N–H and O–H groups in total. The molecule has 6 heteroatoms. The summed E-state index contributed by atoms with van der Waals surface area (Å²) in [4.78, 5) is 31.5. The van der Waals surface area contributed by atoms with Gasteiger partial charge < -0.3 is 15.1 Å². The Morgan fingerprint density at radius 3 is 2.19 bits per heavy atom. The van der Waals surface area contributed by atoms with Crippen molar-refractivity contribution in [2.75, 3.05) is 45.8 Å². The number of amides is 3. The molecule has 0 spiro atoms. The van der Waals surface area contributed by atoms with Crippen LogP contribution >= 0.6 is 0 Å². The van der Waals surface area contributed by atoms with E-state index in [2.05, 4.69) is 10.2 Å². The van der Waals surface area contributed by atoms with Crippen LogP contribution in [0.4, 0.5) is 4.79 Å². The van der Waals surface area contributed by atoms with Crippen LogP contribution in [-0.2, 0) is 4.79 Å². The molecule has 0 saturated carbocycles. The minimum absolute atomic E-state index is 0.00855. The summed E-state index contributed by atoms with van der Waals surface area (Å²) in [7, 11) is 0. The smallest absolute Gasteiger partial charge is 0.317 e. The van der Waals surface area contributed by atoms with Gasteiger partial charge in [0.15, 0.2) is 0 Å². The van der Waals surface area contributed by atoms with Gasteiger partial charge in [0.05, 0.1) is 0 Å². The minimum atomic E-state index is -0.245. The van der Waals surface area contributed by atoms with E-state index in [9.17, 15) is 9.59 Å². The first-order valence-corrected chi connectivity index (χ1v) is 9.81. The summed E-state index contributed by atoms with van der Waals surface area (Å²) in [6, 6.07) is 9.81. The first kappa shape index (κ1) is 18.7. The van der Waals surface area contributed by atoms with Crippen LogP contribution in [-0.4, -0.2) is 72.5 Å². The van der Waals surface area contributed by atoms with Crippen molar-refractivity contribution in [3.05, 3.63) is 35.9 Å². The fraction of sp³-hybridized carbons (Fsp3) is 0.600. The molecule has 142 valence electrons. The van der Waals surface area contributed by atoms with Crippen LogP contribution in [0.1, 0.15) is 37.8 Å². The molecule has 2 heterocycles. The Balaban J connectivity index is 1.72. The first-order valence-electron chi connectivity index (χ1n) is 9.81. The third-order valence-corrected chi connectivity index (χ3v) is 5.31. The van der Waals surface area contributed by atoms with Gasteiger partial charge in [0.25, 0.3) is 0 Å². The molecule has 2 saturated heterocycles. The van der Waals surface area contributed by atoms with E-state index < -0.39 is 0 Å². The highest BCUT2D eigenvalue weighted by molar-refractivity contribution is 5.83. The third kappa shape index (κ3) is 4.36. The zero-order chi connectivity index (χ0) is 18.4. The van der Waals surface area contributed by atoms with Crippen molar-refractivity contribution in [2.45, 2.75) is 32.2 Å². The Labute approximate surface area is 156 Å². The molecule has 0 aromatic heterocycles. The summed E-state index contributed by atoms with van der Waals surface area (Å²) in [6.07, 6.45) is 3.40. The molecule has 2 aliphatic rings. The van der Waals surface area contributed by atoms with E-state index in [0.717, 1.165) is 44.6 Å². The average Bonchev–Trinajstić information content (AvgIpc) is 2.70. The summed E-state index contributed by atoms with van der Waals surface area (Å²) in [5, 5.41) is 2.86. The lowest BCUT2D eigenvalue weighted by molar-refractivity contribution is -0.138. The van der Waals surface area contributed by atoms with E-state index in [1.54, 1.807) is 0 Å². The number of carbonyl (C=O) groups excluding carboxylic acids is 2. The number of piperazine rings is 1. The van der Waals surface area contributed by atoms with E-state index in [4.69, 9.17) is 0 Å². The predicted octanol–water partition coefficient (Wildman–Crippen LogP) is 2.09. The molecule has 2 aliphatic heterocycles. The molecule has 1 atom stereocenters. The van der Waals surface area contributed by atoms with Crippen molar-refractivity contribution >= 4 is 11.9 Å². The number of nitrogens with zero attached hydrogens (tertiary/aromatic N) is 3. The van der Waals surface area contributed by atoms with E-state index in [1.165, 1.54) is 6.42 Å². The van der Waals surface area contributed by atoms with Gasteiger partial charge in [-0.3, -0.25) is 9.69 Å². The third-order valence-electron chi connectivity index (χ3n) is 5.31. The van der Waals surface area contributed by atoms with Gasteiger partial charge >= 0.3 is 6.03 Å². The van der Waals surface area contributed by atoms with Gasteiger partial charge in [-0.15, -0.1) is 0 Å². The van der Waals surface area contributed by atoms with Gasteiger partial charge in [-0.25, -0.2) is 4.79 Å². The van der Waals surface area contributed by atoms with Crippen LogP contribution in [0.3, 0.4) is 0 Å². The summed E-state index contributed by atoms with van der Waals surface area (Å²) in [5.74, 6) is 0.211. The van der Waals surface area contributed by atoms with Crippen molar-refractivity contribution in [1.29, 1.82) is 0 Å². The van der Waals surface area contributed by atoms with Crippen molar-refractivity contribution in [1.82, 2.24) is 20.0 Å². The van der Waals surface area contributed by atoms with Crippen LogP contribution in [0.2, 0.25) is 0 Å². The van der Waals surface area contributed by atoms with Crippen LogP contribution in [0, 0.1) is 0 Å². The van der Waals surface area contributed by atoms with E-state index >= 15 is 0 Å². The number of piperidine rings is 1. The molecule has 1 aromatic carbocycles. The monoisotopic (exact) mass is 358 g/mol. The van der Waals surface area contributed by atoms with Gasteiger partial charge in [-0.05, 0) is 31.7 Å². The Morgan fingerprint density at radius 2 is 1.58 bits per heavy atom. The maximum absolute atomic E-state index is 13.3. The summed E-state index contributed by atoms with van der Waals surface area (Å²) in [6.45, 7) is 7.04. The van der Waals surface area contributed by atoms with Crippen molar-refractivity contribution in [3.8, 4) is 0 Å². The topological polar surface area (TPSA) is 55.9 Å². The van der Waals surface area contributed by atoms with Crippen LogP contribution in [0.25, 0.3) is 0 Å². The summed E-state index contributed by atoms with van der Waals surface area (Å²) < 4.78 is 0. The van der Waals surface area contributed by atoms with Crippen LogP contribution in [0.5, 0.6) is 0 Å². The molecule has 3 rings (SSSR count). The average molecular weight is 358 g/mol. The highest BCUT2D eigenvalue weighted by Gasteiger charge is 2.34. The number of urea groups is 1. The molecular formula is C20H30N4O2. The second-order valence-electron chi connectivity index (χ2n) is 7.06. The standard InChI is InChI=1S/C20H30N4O2/c1-2-21-20(26)24-15-13-22(14-16-24)18(17-9-5-3-6-10-17)19(25)23-11-7-4-8-12-23/h3,5-6,9-10,18H,2,4,7-8,11-16H2,1H3,(H,21,26). The Morgan fingerprint density at radius 1 is 0.923 bits per heavy atom. The maximum atomic E-state index is 13.3. The predicted molar refractivity (Wildman–Crippen MR) is 102 cm³/mol. The highest BCUT2D eigenvalue weighted by atomic mass is 16.2. The van der Waals surface area contributed by atoms with Crippen LogP contribution < -0.4 is 5.32 Å². The minimum Gasteiger partial charge on any atom is -0.341 e. The number of carbonyl (C=O) groups is 2. The van der Waals surface area contributed by atoms with Crippen LogP contribution in [0.15, 0.2) is 30.3 Å². The lowest BCUT2D eigenvalue weighted by Gasteiger charge is -2.41. The number of hydrogen-bond donors (Lipinski definition) is 1. The fourth-order valence-electron chi connectivity index (χ4n) is 3.88. The molecule has 0 radical (unpaired) electrons. The molecule has 1 unspecified atom stereocenters. The summed E-state index contributed by atoms with van der Waals surface area (Å²) in [5.41, 5.74) is 1.05. The van der Waals surface area contributed by atoms with E-state index in [0.29, 0.717) is 19.6 Å². The zero-order valence-electron chi connectivity index (χ0n) is 15.7. The maximum Gasteiger partial charge on any atom is 0.317 e. The normalized spacial score (nSPS) is 19.9. The number of benzene rings is 1. The van der Waals surface area contributed by atoms with Gasteiger partial charge in [-0.2, -0.15) is 0 Å². The largest absolute Gasteiger partial charge is 0.341 e. The number of rotatable bonds is 4. The molecule has 0 bridgehead atoms. The first-order chi connectivity index (χ1) is 12.7. The number of likely N-dealkylation sites (tertiary alicyclic amines) is 1. The SMILES string of the molecule is CCNC(=O)N1CCN(C(C(=O)N2CCCCC2)c2ccccc2)CC1. The van der Waals surface area contributed by atoms with Crippen molar-refractivity contribution < 1.29 is 9.59 Å². The second kappa shape index (κ2) is 9.03. The van der Waals surface area contributed by atoms with Gasteiger partial charge in [0.2, 0.25) is 5.91 Å². The van der Waals surface area contributed by atoms with Gasteiger partial charge in [0.1, 0.15) is 6.04 Å². The lowest BCUT2D eigenvalue weighted by atomic mass is 10.0. The molecule has 26 heavy (non-hydrogen) atoms. The molecule has 6 nitrogen and oxygen atoms in total. The molecule has 2 fully saturated rings. The van der Waals surface area contributed by atoms with E-state index in [-0.39, 0.29) is 18.0 Å². The number of hydrogen-bond acceptors (Lipinski definition) is 3. The quantitative estimate of drug-likeness (QED) is 0.897. The highest BCUT2D eigenvalue weighted by Crippen LogP contribution is 2.26. The van der Waals surface area contributed by atoms with Gasteiger partial charge in [0, 0.05) is 45.8 Å². The molecule has 3 amide bonds. The Hall–Kier alpha value is -2.08. The van der Waals surface area contributed by atoms with E-state index in [1.807, 2.05) is 47.1 Å². The Bertz CT molecular complexity index is 593. The fourth-order valence-corrected chi connectivity index (χ4v) is 3.88. The van der Waals surface area contributed by atoms with Crippen molar-refractivity contribution in [2.24, 2.45) is 0 Å². The number of nitrogens with one attached hydrogen (secondary N) is 1. The lowest BCUT2D eigenvalue weighted by Crippen LogP contribution is -2.55. The molecular weight excluding hydrogens is 328 g/mol. The molecule has 1 aromatic rings. The second-order valence-corrected chi connectivity index (χ2v) is 7.06.